The highest BCUT2D eigenvalue weighted by atomic mass is 32.2. The molecular weight excluding hydrogens is 426 g/mol. The minimum atomic E-state index is -3.43. The van der Waals surface area contributed by atoms with E-state index < -0.39 is 9.84 Å². The van der Waals surface area contributed by atoms with Crippen LogP contribution in [-0.4, -0.2) is 43.2 Å². The molecule has 0 aliphatic carbocycles. The number of anilines is 1. The second-order valence-electron chi connectivity index (χ2n) is 7.42. The third kappa shape index (κ3) is 4.56. The van der Waals surface area contributed by atoms with E-state index in [1.165, 1.54) is 31.4 Å². The minimum Gasteiger partial charge on any atom is -0.384 e. The van der Waals surface area contributed by atoms with Crippen molar-refractivity contribution in [3.63, 3.8) is 0 Å². The van der Waals surface area contributed by atoms with Gasteiger partial charge in [-0.05, 0) is 55.0 Å². The number of imidazole rings is 1. The minimum absolute atomic E-state index is 0.104. The number of fused-ring (bicyclic) bond motifs is 1. The van der Waals surface area contributed by atoms with Crippen molar-refractivity contribution in [3.05, 3.63) is 84.2 Å². The second-order valence-corrected chi connectivity index (χ2v) is 9.52. The number of rotatable bonds is 7. The van der Waals surface area contributed by atoms with Gasteiger partial charge in [-0.2, -0.15) is 0 Å². The van der Waals surface area contributed by atoms with Gasteiger partial charge in [0.25, 0.3) is 5.91 Å². The molecular formula is C24H23N3O4S. The van der Waals surface area contributed by atoms with E-state index in [1.54, 1.807) is 0 Å². The number of carbonyl (C=O) groups excluding carboxylic acids is 1. The molecule has 2 heterocycles. The van der Waals surface area contributed by atoms with Crippen LogP contribution in [-0.2, 0) is 14.6 Å². The van der Waals surface area contributed by atoms with Gasteiger partial charge < -0.3 is 14.5 Å². The summed E-state index contributed by atoms with van der Waals surface area (Å²) in [6, 6.07) is 17.3. The van der Waals surface area contributed by atoms with Crippen molar-refractivity contribution in [1.82, 2.24) is 9.38 Å². The first-order valence-corrected chi connectivity index (χ1v) is 11.7. The number of carbonyl (C=O) groups is 1. The van der Waals surface area contributed by atoms with Gasteiger partial charge in [0.05, 0.1) is 22.9 Å². The summed E-state index contributed by atoms with van der Waals surface area (Å²) in [4.78, 5) is 17.4. The molecule has 0 aliphatic rings. The number of methoxy groups -OCH3 is 1. The first-order valence-electron chi connectivity index (χ1n) is 10.1. The molecule has 0 bridgehead atoms. The van der Waals surface area contributed by atoms with Crippen molar-refractivity contribution in [2.24, 2.45) is 0 Å². The van der Waals surface area contributed by atoms with Crippen LogP contribution in [0.5, 0.6) is 0 Å². The van der Waals surface area contributed by atoms with Gasteiger partial charge in [0, 0.05) is 36.3 Å². The number of aryl methyl sites for hydroxylation is 1. The summed E-state index contributed by atoms with van der Waals surface area (Å²) in [6.45, 7) is 2.14. The fourth-order valence-corrected chi connectivity index (χ4v) is 4.52. The molecule has 7 nitrogen and oxygen atoms in total. The highest BCUT2D eigenvalue weighted by Gasteiger charge is 2.15. The molecule has 0 saturated heterocycles. The maximum absolute atomic E-state index is 12.6. The van der Waals surface area contributed by atoms with Gasteiger partial charge in [-0.1, -0.05) is 18.2 Å². The molecule has 1 amide bonds. The Morgan fingerprint density at radius 1 is 1.06 bits per heavy atom. The van der Waals surface area contributed by atoms with Gasteiger partial charge >= 0.3 is 0 Å². The van der Waals surface area contributed by atoms with E-state index in [0.717, 1.165) is 22.5 Å². The molecule has 0 fully saturated rings. The fraction of sp³-hybridized carbons (Fsp3) is 0.167. The van der Waals surface area contributed by atoms with Crippen molar-refractivity contribution in [1.29, 1.82) is 0 Å². The predicted molar refractivity (Wildman–Crippen MR) is 124 cm³/mol. The zero-order valence-corrected chi connectivity index (χ0v) is 18.6. The summed E-state index contributed by atoms with van der Waals surface area (Å²) in [5, 5.41) is 2.83. The lowest BCUT2D eigenvalue weighted by Crippen LogP contribution is -2.14. The molecule has 4 rings (SSSR count). The van der Waals surface area contributed by atoms with Crippen LogP contribution >= 0.6 is 0 Å². The smallest absolute Gasteiger partial charge is 0.255 e. The van der Waals surface area contributed by atoms with E-state index in [-0.39, 0.29) is 23.2 Å². The number of hydrogen-bond donors (Lipinski definition) is 1. The number of benzene rings is 2. The Hall–Kier alpha value is -3.49. The molecule has 4 aromatic rings. The van der Waals surface area contributed by atoms with Gasteiger partial charge in [0.15, 0.2) is 9.84 Å². The topological polar surface area (TPSA) is 89.8 Å². The standard InChI is InChI=1S/C24H23N3O4S/c1-17-4-3-13-27-16-22(26-23(17)27)18-5-9-20(10-6-18)25-24(28)19-7-11-21(12-8-19)32(29,30)15-14-31-2/h3-13,16H,14-15H2,1-2H3,(H,25,28). The van der Waals surface area contributed by atoms with Crippen LogP contribution in [0.3, 0.4) is 0 Å². The number of ether oxygens (including phenoxy) is 1. The Kier molecular flexibility index (Phi) is 6.07. The molecule has 32 heavy (non-hydrogen) atoms. The average Bonchev–Trinajstić information content (AvgIpc) is 3.24. The Balaban J connectivity index is 1.46. The summed E-state index contributed by atoms with van der Waals surface area (Å²) in [6.07, 6.45) is 3.93. The van der Waals surface area contributed by atoms with Crippen molar-refractivity contribution in [3.8, 4) is 11.3 Å². The Morgan fingerprint density at radius 3 is 2.44 bits per heavy atom. The van der Waals surface area contributed by atoms with Gasteiger partial charge in [-0.3, -0.25) is 4.79 Å². The zero-order valence-electron chi connectivity index (χ0n) is 17.8. The van der Waals surface area contributed by atoms with Crippen molar-refractivity contribution >= 4 is 27.1 Å². The van der Waals surface area contributed by atoms with Gasteiger partial charge in [0.2, 0.25) is 0 Å². The van der Waals surface area contributed by atoms with Crippen LogP contribution in [0.1, 0.15) is 15.9 Å². The normalized spacial score (nSPS) is 11.6. The number of amides is 1. The summed E-state index contributed by atoms with van der Waals surface area (Å²) in [5.41, 5.74) is 4.80. The summed E-state index contributed by atoms with van der Waals surface area (Å²) < 4.78 is 31.2. The molecule has 164 valence electrons. The molecule has 0 radical (unpaired) electrons. The molecule has 0 atom stereocenters. The number of nitrogens with zero attached hydrogens (tertiary/aromatic N) is 2. The molecule has 0 saturated carbocycles. The number of sulfone groups is 1. The second kappa shape index (κ2) is 8.94. The Labute approximate surface area is 186 Å². The van der Waals surface area contributed by atoms with E-state index in [0.29, 0.717) is 11.3 Å². The van der Waals surface area contributed by atoms with Gasteiger partial charge in [-0.25, -0.2) is 13.4 Å². The van der Waals surface area contributed by atoms with Crippen LogP contribution in [0, 0.1) is 6.92 Å². The largest absolute Gasteiger partial charge is 0.384 e. The lowest BCUT2D eigenvalue weighted by atomic mass is 10.1. The summed E-state index contributed by atoms with van der Waals surface area (Å²) in [5.74, 6) is -0.422. The zero-order chi connectivity index (χ0) is 22.7. The monoisotopic (exact) mass is 449 g/mol. The summed E-state index contributed by atoms with van der Waals surface area (Å²) in [7, 11) is -1.98. The van der Waals surface area contributed by atoms with Crippen LogP contribution in [0.2, 0.25) is 0 Å². The number of nitrogens with one attached hydrogen (secondary N) is 1. The number of pyridine rings is 1. The van der Waals surface area contributed by atoms with Crippen molar-refractivity contribution < 1.29 is 17.9 Å². The highest BCUT2D eigenvalue weighted by molar-refractivity contribution is 7.91. The van der Waals surface area contributed by atoms with E-state index in [4.69, 9.17) is 4.74 Å². The van der Waals surface area contributed by atoms with Crippen LogP contribution in [0.15, 0.2) is 78.0 Å². The van der Waals surface area contributed by atoms with E-state index in [9.17, 15) is 13.2 Å². The molecule has 2 aromatic heterocycles. The first kappa shape index (κ1) is 21.7. The van der Waals surface area contributed by atoms with Crippen LogP contribution in [0.4, 0.5) is 5.69 Å². The SMILES string of the molecule is COCCS(=O)(=O)c1ccc(C(=O)Nc2ccc(-c3cn4cccc(C)c4n3)cc2)cc1. The van der Waals surface area contributed by atoms with E-state index in [2.05, 4.69) is 10.3 Å². The lowest BCUT2D eigenvalue weighted by Gasteiger charge is -2.08. The number of hydrogen-bond acceptors (Lipinski definition) is 5. The van der Waals surface area contributed by atoms with Gasteiger partial charge in [-0.15, -0.1) is 0 Å². The average molecular weight is 450 g/mol. The third-order valence-corrected chi connectivity index (χ3v) is 6.84. The first-order chi connectivity index (χ1) is 15.4. The molecule has 2 aromatic carbocycles. The predicted octanol–water partition coefficient (Wildman–Crippen LogP) is 3.98. The molecule has 0 unspecified atom stereocenters. The van der Waals surface area contributed by atoms with Gasteiger partial charge in [0.1, 0.15) is 5.65 Å². The lowest BCUT2D eigenvalue weighted by molar-refractivity contribution is 0.102. The maximum atomic E-state index is 12.6. The highest BCUT2D eigenvalue weighted by Crippen LogP contribution is 2.23. The maximum Gasteiger partial charge on any atom is 0.255 e. The Morgan fingerprint density at radius 2 is 1.78 bits per heavy atom. The van der Waals surface area contributed by atoms with Crippen molar-refractivity contribution in [2.45, 2.75) is 11.8 Å². The van der Waals surface area contributed by atoms with E-state index in [1.807, 2.05) is 60.1 Å². The van der Waals surface area contributed by atoms with Crippen LogP contribution in [0.25, 0.3) is 16.9 Å². The molecule has 8 heteroatoms. The molecule has 0 aliphatic heterocycles. The fourth-order valence-electron chi connectivity index (χ4n) is 3.34. The van der Waals surface area contributed by atoms with Crippen molar-refractivity contribution in [2.75, 3.05) is 24.8 Å². The third-order valence-electron chi connectivity index (χ3n) is 5.15. The summed E-state index contributed by atoms with van der Waals surface area (Å²) >= 11 is 0. The molecule has 1 N–H and O–H groups in total. The van der Waals surface area contributed by atoms with E-state index >= 15 is 0 Å². The quantitative estimate of drug-likeness (QED) is 0.461. The molecule has 0 spiro atoms. The Bertz CT molecular complexity index is 1360. The number of aromatic nitrogens is 2. The van der Waals surface area contributed by atoms with Crippen LogP contribution < -0.4 is 5.32 Å².